The molecular weight excluding hydrogens is 208 g/mol. The third-order valence-electron chi connectivity index (χ3n) is 1.65. The third-order valence-corrected chi connectivity index (χ3v) is 3.34. The Bertz CT molecular complexity index is 544. The van der Waals surface area contributed by atoms with Crippen LogP contribution in [0.4, 0.5) is 0 Å². The zero-order chi connectivity index (χ0) is 9.47. The van der Waals surface area contributed by atoms with E-state index in [4.69, 9.17) is 5.14 Å². The first-order valence-electron chi connectivity index (χ1n) is 3.44. The SMILES string of the molecule is NS(=O)(=O)c1ccc2sncc2c1. The van der Waals surface area contributed by atoms with Crippen molar-refractivity contribution in [2.45, 2.75) is 4.90 Å². The number of nitrogens with two attached hydrogens (primary N) is 1. The molecule has 0 fully saturated rings. The van der Waals surface area contributed by atoms with Crippen molar-refractivity contribution in [3.8, 4) is 0 Å². The van der Waals surface area contributed by atoms with E-state index in [1.54, 1.807) is 12.3 Å². The highest BCUT2D eigenvalue weighted by molar-refractivity contribution is 7.89. The van der Waals surface area contributed by atoms with Gasteiger partial charge in [-0.1, -0.05) is 0 Å². The van der Waals surface area contributed by atoms with Crippen molar-refractivity contribution in [1.29, 1.82) is 0 Å². The molecule has 1 aromatic heterocycles. The Kier molecular flexibility index (Phi) is 1.83. The van der Waals surface area contributed by atoms with Gasteiger partial charge >= 0.3 is 0 Å². The van der Waals surface area contributed by atoms with E-state index in [0.29, 0.717) is 0 Å². The van der Waals surface area contributed by atoms with Crippen LogP contribution in [0.2, 0.25) is 0 Å². The van der Waals surface area contributed by atoms with Crippen LogP contribution >= 0.6 is 11.5 Å². The lowest BCUT2D eigenvalue weighted by molar-refractivity contribution is 0.598. The van der Waals surface area contributed by atoms with Gasteiger partial charge in [0.2, 0.25) is 10.0 Å². The molecule has 0 aliphatic rings. The van der Waals surface area contributed by atoms with E-state index < -0.39 is 10.0 Å². The highest BCUT2D eigenvalue weighted by atomic mass is 32.2. The number of rotatable bonds is 1. The number of primary sulfonamides is 1. The lowest BCUT2D eigenvalue weighted by atomic mass is 10.3. The minimum absolute atomic E-state index is 0.125. The molecule has 0 amide bonds. The Labute approximate surface area is 79.2 Å². The largest absolute Gasteiger partial charge is 0.238 e. The van der Waals surface area contributed by atoms with Crippen molar-refractivity contribution in [2.24, 2.45) is 5.14 Å². The maximum Gasteiger partial charge on any atom is 0.238 e. The van der Waals surface area contributed by atoms with Crippen LogP contribution in [0.25, 0.3) is 10.1 Å². The number of sulfonamides is 1. The molecule has 0 spiro atoms. The number of aromatic nitrogens is 1. The van der Waals surface area contributed by atoms with Crippen molar-refractivity contribution in [3.05, 3.63) is 24.4 Å². The summed E-state index contributed by atoms with van der Waals surface area (Å²) in [5, 5.41) is 5.77. The molecule has 0 saturated heterocycles. The van der Waals surface area contributed by atoms with Gasteiger partial charge in [-0.25, -0.2) is 13.6 Å². The smallest absolute Gasteiger partial charge is 0.225 e. The molecule has 0 bridgehead atoms. The Hall–Kier alpha value is -0.980. The Morgan fingerprint density at radius 2 is 2.15 bits per heavy atom. The summed E-state index contributed by atoms with van der Waals surface area (Å²) < 4.78 is 26.8. The van der Waals surface area contributed by atoms with Crippen LogP contribution in [0.15, 0.2) is 29.3 Å². The predicted octanol–water partition coefficient (Wildman–Crippen LogP) is 0.944. The maximum atomic E-state index is 11.0. The molecule has 0 saturated carbocycles. The van der Waals surface area contributed by atoms with Crippen LogP contribution in [0.3, 0.4) is 0 Å². The number of hydrogen-bond acceptors (Lipinski definition) is 4. The normalized spacial score (nSPS) is 12.1. The standard InChI is InChI=1S/C7H6N2O2S2/c8-13(10,11)6-1-2-7-5(3-6)4-9-12-7/h1-4H,(H2,8,10,11). The van der Waals surface area contributed by atoms with Gasteiger partial charge in [-0.3, -0.25) is 0 Å². The van der Waals surface area contributed by atoms with Gasteiger partial charge in [-0.2, -0.15) is 4.37 Å². The van der Waals surface area contributed by atoms with Crippen molar-refractivity contribution in [3.63, 3.8) is 0 Å². The lowest BCUT2D eigenvalue weighted by Gasteiger charge is -1.96. The molecule has 2 N–H and O–H groups in total. The first-order chi connectivity index (χ1) is 6.07. The van der Waals surface area contributed by atoms with E-state index in [0.717, 1.165) is 10.1 Å². The van der Waals surface area contributed by atoms with Crippen molar-refractivity contribution in [2.75, 3.05) is 0 Å². The van der Waals surface area contributed by atoms with Gasteiger partial charge < -0.3 is 0 Å². The zero-order valence-corrected chi connectivity index (χ0v) is 8.10. The van der Waals surface area contributed by atoms with Crippen LogP contribution < -0.4 is 5.14 Å². The fraction of sp³-hybridized carbons (Fsp3) is 0. The first-order valence-corrected chi connectivity index (χ1v) is 5.76. The number of benzene rings is 1. The second kappa shape index (κ2) is 2.76. The summed E-state index contributed by atoms with van der Waals surface area (Å²) in [6, 6.07) is 4.71. The van der Waals surface area contributed by atoms with Gasteiger partial charge in [0.15, 0.2) is 0 Å². The summed E-state index contributed by atoms with van der Waals surface area (Å²) in [6.07, 6.45) is 1.62. The van der Waals surface area contributed by atoms with E-state index in [2.05, 4.69) is 4.37 Å². The van der Waals surface area contributed by atoms with Crippen LogP contribution in [-0.2, 0) is 10.0 Å². The molecule has 2 aromatic rings. The summed E-state index contributed by atoms with van der Waals surface area (Å²) in [4.78, 5) is 0.125. The molecule has 1 heterocycles. The van der Waals surface area contributed by atoms with Crippen LogP contribution in [0.5, 0.6) is 0 Å². The summed E-state index contributed by atoms with van der Waals surface area (Å²) in [5.41, 5.74) is 0. The Morgan fingerprint density at radius 3 is 2.85 bits per heavy atom. The van der Waals surface area contributed by atoms with Gasteiger partial charge in [0.1, 0.15) is 0 Å². The minimum Gasteiger partial charge on any atom is -0.225 e. The van der Waals surface area contributed by atoms with Gasteiger partial charge in [0.05, 0.1) is 9.60 Å². The molecule has 4 nitrogen and oxygen atoms in total. The average Bonchev–Trinajstić information content (AvgIpc) is 2.47. The number of nitrogens with zero attached hydrogens (tertiary/aromatic N) is 1. The summed E-state index contributed by atoms with van der Waals surface area (Å²) >= 11 is 1.32. The van der Waals surface area contributed by atoms with E-state index >= 15 is 0 Å². The van der Waals surface area contributed by atoms with Gasteiger partial charge in [0.25, 0.3) is 0 Å². The molecule has 68 valence electrons. The van der Waals surface area contributed by atoms with Crippen molar-refractivity contribution < 1.29 is 8.42 Å². The van der Waals surface area contributed by atoms with E-state index in [9.17, 15) is 8.42 Å². The second-order valence-corrected chi connectivity index (χ2v) is 4.97. The van der Waals surface area contributed by atoms with E-state index in [1.807, 2.05) is 0 Å². The predicted molar refractivity (Wildman–Crippen MR) is 51.0 cm³/mol. The molecule has 2 rings (SSSR count). The zero-order valence-electron chi connectivity index (χ0n) is 6.47. The highest BCUT2D eigenvalue weighted by Gasteiger charge is 2.08. The van der Waals surface area contributed by atoms with Gasteiger partial charge in [-0.15, -0.1) is 0 Å². The molecule has 0 radical (unpaired) electrons. The molecule has 0 aliphatic heterocycles. The van der Waals surface area contributed by atoms with E-state index in [1.165, 1.54) is 23.7 Å². The second-order valence-electron chi connectivity index (χ2n) is 2.57. The molecule has 1 aromatic carbocycles. The lowest BCUT2D eigenvalue weighted by Crippen LogP contribution is -2.11. The molecule has 0 aliphatic carbocycles. The van der Waals surface area contributed by atoms with Gasteiger partial charge in [0, 0.05) is 11.6 Å². The Balaban J connectivity index is 2.75. The molecular formula is C7H6N2O2S2. The summed E-state index contributed by atoms with van der Waals surface area (Å²) in [6.45, 7) is 0. The monoisotopic (exact) mass is 214 g/mol. The fourth-order valence-corrected chi connectivity index (χ4v) is 2.20. The molecule has 0 unspecified atom stereocenters. The van der Waals surface area contributed by atoms with Crippen LogP contribution in [0, 0.1) is 0 Å². The number of hydrogen-bond donors (Lipinski definition) is 1. The Morgan fingerprint density at radius 1 is 1.38 bits per heavy atom. The van der Waals surface area contributed by atoms with E-state index in [-0.39, 0.29) is 4.90 Å². The summed E-state index contributed by atoms with van der Waals surface area (Å²) in [5.74, 6) is 0. The summed E-state index contributed by atoms with van der Waals surface area (Å²) in [7, 11) is -3.60. The van der Waals surface area contributed by atoms with Crippen LogP contribution in [-0.4, -0.2) is 12.8 Å². The first kappa shape index (κ1) is 8.61. The molecule has 13 heavy (non-hydrogen) atoms. The maximum absolute atomic E-state index is 11.0. The minimum atomic E-state index is -3.60. The quantitative estimate of drug-likeness (QED) is 0.767. The van der Waals surface area contributed by atoms with Crippen molar-refractivity contribution >= 4 is 31.6 Å². The van der Waals surface area contributed by atoms with Gasteiger partial charge in [-0.05, 0) is 29.7 Å². The molecule has 0 atom stereocenters. The highest BCUT2D eigenvalue weighted by Crippen LogP contribution is 2.20. The number of fused-ring (bicyclic) bond motifs is 1. The van der Waals surface area contributed by atoms with Crippen molar-refractivity contribution in [1.82, 2.24) is 4.37 Å². The van der Waals surface area contributed by atoms with Crippen LogP contribution in [0.1, 0.15) is 0 Å². The topological polar surface area (TPSA) is 73.1 Å². The average molecular weight is 214 g/mol. The molecule has 6 heteroatoms. The fourth-order valence-electron chi connectivity index (χ4n) is 1.03. The third kappa shape index (κ3) is 1.55.